The van der Waals surface area contributed by atoms with Crippen LogP contribution < -0.4 is 5.32 Å². The standard InChI is InChI=1S/C13H25NO4/c1-15-8-9-16-7-6-14-12-2-4-13(5-3-12)17-10-11-18-13/h12,14H,2-11H2,1H3. The lowest BCUT2D eigenvalue weighted by molar-refractivity contribution is -0.179. The van der Waals surface area contributed by atoms with Crippen molar-refractivity contribution in [2.75, 3.05) is 46.7 Å². The Morgan fingerprint density at radius 2 is 1.83 bits per heavy atom. The van der Waals surface area contributed by atoms with Crippen molar-refractivity contribution in [3.05, 3.63) is 0 Å². The number of nitrogens with one attached hydrogen (secondary N) is 1. The predicted octanol–water partition coefficient (Wildman–Crippen LogP) is 0.925. The van der Waals surface area contributed by atoms with E-state index < -0.39 is 0 Å². The van der Waals surface area contributed by atoms with Crippen molar-refractivity contribution in [1.29, 1.82) is 0 Å². The van der Waals surface area contributed by atoms with Crippen LogP contribution in [0.2, 0.25) is 0 Å². The van der Waals surface area contributed by atoms with Crippen LogP contribution in [0.5, 0.6) is 0 Å². The first-order chi connectivity index (χ1) is 8.85. The SMILES string of the molecule is COCCOCCNC1CCC2(CC1)OCCO2. The van der Waals surface area contributed by atoms with Gasteiger partial charge < -0.3 is 24.3 Å². The molecule has 2 rings (SSSR count). The van der Waals surface area contributed by atoms with E-state index in [0.717, 1.165) is 52.0 Å². The molecule has 1 aliphatic heterocycles. The fourth-order valence-corrected chi connectivity index (χ4v) is 2.63. The summed E-state index contributed by atoms with van der Waals surface area (Å²) in [6.45, 7) is 4.51. The third-order valence-corrected chi connectivity index (χ3v) is 3.67. The van der Waals surface area contributed by atoms with Gasteiger partial charge in [-0.3, -0.25) is 0 Å². The van der Waals surface area contributed by atoms with E-state index in [1.807, 2.05) is 0 Å². The van der Waals surface area contributed by atoms with Crippen molar-refractivity contribution in [2.24, 2.45) is 0 Å². The Kier molecular flexibility index (Phi) is 5.85. The summed E-state index contributed by atoms with van der Waals surface area (Å²) in [5, 5.41) is 3.53. The van der Waals surface area contributed by atoms with Crippen molar-refractivity contribution in [1.82, 2.24) is 5.32 Å². The van der Waals surface area contributed by atoms with Crippen molar-refractivity contribution in [2.45, 2.75) is 37.5 Å². The van der Waals surface area contributed by atoms with Crippen LogP contribution in [-0.4, -0.2) is 58.5 Å². The normalized spacial score (nSPS) is 23.8. The molecule has 18 heavy (non-hydrogen) atoms. The fourth-order valence-electron chi connectivity index (χ4n) is 2.63. The minimum absolute atomic E-state index is 0.243. The number of methoxy groups -OCH3 is 1. The maximum absolute atomic E-state index is 5.71. The summed E-state index contributed by atoms with van der Waals surface area (Å²) in [7, 11) is 1.69. The van der Waals surface area contributed by atoms with Crippen molar-refractivity contribution < 1.29 is 18.9 Å². The number of ether oxygens (including phenoxy) is 4. The second kappa shape index (κ2) is 7.40. The van der Waals surface area contributed by atoms with Gasteiger partial charge in [0.2, 0.25) is 0 Å². The molecule has 106 valence electrons. The molecule has 2 aliphatic rings. The average Bonchev–Trinajstić information content (AvgIpc) is 2.85. The maximum atomic E-state index is 5.71. The minimum atomic E-state index is -0.243. The van der Waals surface area contributed by atoms with Crippen LogP contribution in [0.3, 0.4) is 0 Å². The second-order valence-corrected chi connectivity index (χ2v) is 4.94. The van der Waals surface area contributed by atoms with Gasteiger partial charge in [0, 0.05) is 32.5 Å². The van der Waals surface area contributed by atoms with E-state index in [1.165, 1.54) is 0 Å². The van der Waals surface area contributed by atoms with E-state index in [-0.39, 0.29) is 5.79 Å². The van der Waals surface area contributed by atoms with E-state index >= 15 is 0 Å². The van der Waals surface area contributed by atoms with Gasteiger partial charge in [0.05, 0.1) is 33.0 Å². The lowest BCUT2D eigenvalue weighted by Crippen LogP contribution is -2.42. The minimum Gasteiger partial charge on any atom is -0.382 e. The molecule has 0 radical (unpaired) electrons. The van der Waals surface area contributed by atoms with E-state index in [2.05, 4.69) is 5.32 Å². The van der Waals surface area contributed by atoms with Crippen LogP contribution in [0.25, 0.3) is 0 Å². The molecule has 1 saturated carbocycles. The van der Waals surface area contributed by atoms with Gasteiger partial charge in [-0.25, -0.2) is 0 Å². The fraction of sp³-hybridized carbons (Fsp3) is 1.00. The molecule has 1 saturated heterocycles. The highest BCUT2D eigenvalue weighted by molar-refractivity contribution is 4.85. The zero-order valence-electron chi connectivity index (χ0n) is 11.3. The summed E-state index contributed by atoms with van der Waals surface area (Å²) in [5.74, 6) is -0.243. The molecule has 0 unspecified atom stereocenters. The monoisotopic (exact) mass is 259 g/mol. The lowest BCUT2D eigenvalue weighted by Gasteiger charge is -2.35. The molecule has 0 aromatic carbocycles. The van der Waals surface area contributed by atoms with Gasteiger partial charge in [0.15, 0.2) is 5.79 Å². The second-order valence-electron chi connectivity index (χ2n) is 4.94. The molecule has 0 amide bonds. The molecule has 2 fully saturated rings. The Balaban J connectivity index is 1.51. The Labute approximate surface area is 109 Å². The zero-order valence-corrected chi connectivity index (χ0v) is 11.3. The molecule has 1 heterocycles. The summed E-state index contributed by atoms with van der Waals surface area (Å²) in [6.07, 6.45) is 4.26. The smallest absolute Gasteiger partial charge is 0.168 e. The molecular weight excluding hydrogens is 234 g/mol. The molecule has 1 N–H and O–H groups in total. The maximum Gasteiger partial charge on any atom is 0.168 e. The number of hydrogen-bond acceptors (Lipinski definition) is 5. The van der Waals surface area contributed by atoms with Gasteiger partial charge in [-0.2, -0.15) is 0 Å². The topological polar surface area (TPSA) is 49.0 Å². The van der Waals surface area contributed by atoms with Crippen molar-refractivity contribution in [3.63, 3.8) is 0 Å². The Bertz CT molecular complexity index is 221. The van der Waals surface area contributed by atoms with Crippen LogP contribution >= 0.6 is 0 Å². The largest absolute Gasteiger partial charge is 0.382 e. The summed E-state index contributed by atoms with van der Waals surface area (Å²) in [4.78, 5) is 0. The van der Waals surface area contributed by atoms with Crippen LogP contribution in [0.4, 0.5) is 0 Å². The van der Waals surface area contributed by atoms with Gasteiger partial charge in [-0.05, 0) is 12.8 Å². The summed E-state index contributed by atoms with van der Waals surface area (Å²) in [5.41, 5.74) is 0. The highest BCUT2D eigenvalue weighted by Gasteiger charge is 2.39. The summed E-state index contributed by atoms with van der Waals surface area (Å²) < 4.78 is 21.8. The Morgan fingerprint density at radius 3 is 2.50 bits per heavy atom. The first kappa shape index (κ1) is 14.2. The molecule has 5 heteroatoms. The number of rotatable bonds is 7. The molecule has 1 spiro atoms. The molecule has 0 atom stereocenters. The van der Waals surface area contributed by atoms with Crippen LogP contribution in [0.15, 0.2) is 0 Å². The van der Waals surface area contributed by atoms with E-state index in [4.69, 9.17) is 18.9 Å². The lowest BCUT2D eigenvalue weighted by atomic mass is 9.90. The summed E-state index contributed by atoms with van der Waals surface area (Å²) >= 11 is 0. The average molecular weight is 259 g/mol. The molecule has 5 nitrogen and oxygen atoms in total. The van der Waals surface area contributed by atoms with Crippen LogP contribution in [0, 0.1) is 0 Å². The van der Waals surface area contributed by atoms with E-state index in [1.54, 1.807) is 7.11 Å². The quantitative estimate of drug-likeness (QED) is 0.689. The number of hydrogen-bond donors (Lipinski definition) is 1. The van der Waals surface area contributed by atoms with E-state index in [0.29, 0.717) is 19.3 Å². The predicted molar refractivity (Wildman–Crippen MR) is 67.6 cm³/mol. The van der Waals surface area contributed by atoms with Gasteiger partial charge >= 0.3 is 0 Å². The first-order valence-electron chi connectivity index (χ1n) is 6.93. The Hall–Kier alpha value is -0.200. The summed E-state index contributed by atoms with van der Waals surface area (Å²) in [6, 6.07) is 0.578. The Morgan fingerprint density at radius 1 is 1.11 bits per heavy atom. The molecular formula is C13H25NO4. The molecule has 0 aromatic heterocycles. The third-order valence-electron chi connectivity index (χ3n) is 3.67. The molecule has 1 aliphatic carbocycles. The van der Waals surface area contributed by atoms with Crippen LogP contribution in [-0.2, 0) is 18.9 Å². The first-order valence-corrected chi connectivity index (χ1v) is 6.93. The zero-order chi connectivity index (χ0) is 12.7. The van der Waals surface area contributed by atoms with Crippen molar-refractivity contribution in [3.8, 4) is 0 Å². The van der Waals surface area contributed by atoms with Gasteiger partial charge in [0.1, 0.15) is 0 Å². The molecule has 0 aromatic rings. The molecule has 0 bridgehead atoms. The van der Waals surface area contributed by atoms with Crippen LogP contribution in [0.1, 0.15) is 25.7 Å². The van der Waals surface area contributed by atoms with Gasteiger partial charge in [0.25, 0.3) is 0 Å². The van der Waals surface area contributed by atoms with Gasteiger partial charge in [-0.15, -0.1) is 0 Å². The highest BCUT2D eigenvalue weighted by Crippen LogP contribution is 2.35. The highest BCUT2D eigenvalue weighted by atomic mass is 16.7. The van der Waals surface area contributed by atoms with Crippen molar-refractivity contribution >= 4 is 0 Å². The third kappa shape index (κ3) is 4.17. The van der Waals surface area contributed by atoms with Gasteiger partial charge in [-0.1, -0.05) is 0 Å². The van der Waals surface area contributed by atoms with E-state index in [9.17, 15) is 0 Å².